The third-order valence-electron chi connectivity index (χ3n) is 3.91. The monoisotopic (exact) mass is 372 g/mol. The highest BCUT2D eigenvalue weighted by molar-refractivity contribution is 7.53. The lowest BCUT2D eigenvalue weighted by molar-refractivity contribution is 0.0935. The zero-order valence-electron chi connectivity index (χ0n) is 14.7. The van der Waals surface area contributed by atoms with Gasteiger partial charge in [-0.2, -0.15) is 0 Å². The summed E-state index contributed by atoms with van der Waals surface area (Å²) in [5.41, 5.74) is 0.171. The fourth-order valence-electron chi connectivity index (χ4n) is 2.03. The van der Waals surface area contributed by atoms with Crippen LogP contribution in [-0.2, 0) is 9.09 Å². The molecule has 2 rings (SSSR count). The molecule has 1 heterocycles. The molecule has 0 bridgehead atoms. The lowest BCUT2D eigenvalue weighted by Crippen LogP contribution is -2.25. The second-order valence-corrected chi connectivity index (χ2v) is 9.28. The van der Waals surface area contributed by atoms with Crippen LogP contribution in [0.5, 0.6) is 5.75 Å². The van der Waals surface area contributed by atoms with Gasteiger partial charge < -0.3 is 8.94 Å². The highest BCUT2D eigenvalue weighted by Gasteiger charge is 2.29. The van der Waals surface area contributed by atoms with E-state index in [1.165, 1.54) is 12.7 Å². The summed E-state index contributed by atoms with van der Waals surface area (Å²) in [6.45, 7) is 11.0. The van der Waals surface area contributed by atoms with Crippen LogP contribution in [0, 0.1) is 12.3 Å². The maximum absolute atomic E-state index is 12.6. The molecule has 2 atom stereocenters. The number of hydrogen-bond acceptors (Lipinski definition) is 5. The molecular formula is C17H22ClO5P. The highest BCUT2D eigenvalue weighted by Crippen LogP contribution is 2.48. The summed E-state index contributed by atoms with van der Waals surface area (Å²) in [5, 5.41) is 0.751. The van der Waals surface area contributed by atoms with Gasteiger partial charge in [-0.25, -0.2) is 9.36 Å². The molecule has 0 aliphatic heterocycles. The smallest absolute Gasteiger partial charge is 0.376 e. The van der Waals surface area contributed by atoms with Crippen LogP contribution in [0.15, 0.2) is 27.4 Å². The molecule has 0 aliphatic carbocycles. The van der Waals surface area contributed by atoms with Crippen molar-refractivity contribution in [3.63, 3.8) is 0 Å². The average Bonchev–Trinajstić information content (AvgIpc) is 2.42. The second-order valence-electron chi connectivity index (χ2n) is 6.96. The van der Waals surface area contributed by atoms with Crippen LogP contribution < -0.4 is 10.1 Å². The maximum atomic E-state index is 12.6. The van der Waals surface area contributed by atoms with Crippen LogP contribution in [-0.4, -0.2) is 12.8 Å². The van der Waals surface area contributed by atoms with Crippen LogP contribution >= 0.6 is 19.2 Å². The van der Waals surface area contributed by atoms with Crippen LogP contribution in [0.1, 0.15) is 33.3 Å². The minimum Gasteiger partial charge on any atom is -0.424 e. The van der Waals surface area contributed by atoms with Crippen molar-refractivity contribution < 1.29 is 18.0 Å². The molecule has 0 fully saturated rings. The first-order valence-corrected chi connectivity index (χ1v) is 9.96. The molecule has 0 N–H and O–H groups in total. The zero-order chi connectivity index (χ0) is 18.3. The van der Waals surface area contributed by atoms with E-state index in [1.807, 2.05) is 27.7 Å². The van der Waals surface area contributed by atoms with E-state index in [2.05, 4.69) is 0 Å². The zero-order valence-corrected chi connectivity index (χ0v) is 16.3. The molecule has 2 aromatic rings. The number of aryl methyl sites for hydroxylation is 1. The van der Waals surface area contributed by atoms with Crippen molar-refractivity contribution >= 4 is 30.2 Å². The summed E-state index contributed by atoms with van der Waals surface area (Å²) in [6, 6.07) is 4.87. The number of benzene rings is 1. The van der Waals surface area contributed by atoms with E-state index < -0.39 is 13.2 Å². The molecule has 0 spiro atoms. The average molecular weight is 373 g/mol. The lowest BCUT2D eigenvalue weighted by atomic mass is 9.91. The van der Waals surface area contributed by atoms with Crippen LogP contribution in [0.25, 0.3) is 11.0 Å². The molecule has 1 aromatic carbocycles. The largest absolute Gasteiger partial charge is 0.424 e. The minimum atomic E-state index is -3.32. The van der Waals surface area contributed by atoms with E-state index in [1.54, 1.807) is 19.1 Å². The Labute approximate surface area is 146 Å². The molecule has 1 aromatic heterocycles. The van der Waals surface area contributed by atoms with E-state index in [-0.39, 0.29) is 16.5 Å². The molecule has 0 saturated carbocycles. The Hall–Kier alpha value is -1.29. The molecule has 24 heavy (non-hydrogen) atoms. The molecule has 0 aliphatic rings. The van der Waals surface area contributed by atoms with Gasteiger partial charge >= 0.3 is 13.2 Å². The molecular weight excluding hydrogens is 351 g/mol. The van der Waals surface area contributed by atoms with E-state index in [9.17, 15) is 9.36 Å². The van der Waals surface area contributed by atoms with E-state index in [4.69, 9.17) is 25.1 Å². The molecule has 132 valence electrons. The Morgan fingerprint density at radius 3 is 2.50 bits per heavy atom. The summed E-state index contributed by atoms with van der Waals surface area (Å²) in [5.74, 6) is 0.305. The van der Waals surface area contributed by atoms with Crippen LogP contribution in [0.4, 0.5) is 0 Å². The summed E-state index contributed by atoms with van der Waals surface area (Å²) >= 11 is 5.90. The molecule has 0 unspecified atom stereocenters. The topological polar surface area (TPSA) is 65.7 Å². The second kappa shape index (κ2) is 6.55. The molecule has 0 amide bonds. The quantitative estimate of drug-likeness (QED) is 0.530. The predicted octanol–water partition coefficient (Wildman–Crippen LogP) is 5.41. The molecule has 5 nitrogen and oxygen atoms in total. The maximum Gasteiger partial charge on any atom is 0.376 e. The van der Waals surface area contributed by atoms with Gasteiger partial charge in [0.1, 0.15) is 16.4 Å². The molecule has 0 saturated heterocycles. The fraction of sp³-hybridized carbons (Fsp3) is 0.471. The van der Waals surface area contributed by atoms with Crippen LogP contribution in [0.3, 0.4) is 0 Å². The van der Waals surface area contributed by atoms with Crippen molar-refractivity contribution in [3.05, 3.63) is 39.2 Å². The van der Waals surface area contributed by atoms with Gasteiger partial charge in [0.15, 0.2) is 0 Å². The van der Waals surface area contributed by atoms with Gasteiger partial charge in [0.2, 0.25) is 0 Å². The Morgan fingerprint density at radius 2 is 1.92 bits per heavy atom. The van der Waals surface area contributed by atoms with Crippen molar-refractivity contribution in [2.75, 3.05) is 6.66 Å². The van der Waals surface area contributed by atoms with Gasteiger partial charge in [-0.1, -0.05) is 32.4 Å². The van der Waals surface area contributed by atoms with Gasteiger partial charge in [0.05, 0.1) is 6.10 Å². The van der Waals surface area contributed by atoms with E-state index in [0.717, 1.165) is 0 Å². The van der Waals surface area contributed by atoms with Gasteiger partial charge in [0, 0.05) is 18.1 Å². The Morgan fingerprint density at radius 1 is 1.29 bits per heavy atom. The lowest BCUT2D eigenvalue weighted by Gasteiger charge is -2.29. The summed E-state index contributed by atoms with van der Waals surface area (Å²) in [7, 11) is -3.32. The third kappa shape index (κ3) is 4.21. The van der Waals surface area contributed by atoms with Gasteiger partial charge in [0.25, 0.3) is 0 Å². The predicted molar refractivity (Wildman–Crippen MR) is 96.4 cm³/mol. The van der Waals surface area contributed by atoms with Gasteiger partial charge in [-0.3, -0.25) is 4.52 Å². The SMILES string of the molecule is Cc1c(Cl)c(=O)oc2cc(O[P@](C)(=O)O[C@@H](C)C(C)(C)C)ccc12. The van der Waals surface area contributed by atoms with Crippen molar-refractivity contribution in [2.24, 2.45) is 5.41 Å². The minimum absolute atomic E-state index is 0.0552. The first kappa shape index (κ1) is 19.0. The normalized spacial score (nSPS) is 16.0. The van der Waals surface area contributed by atoms with Crippen LogP contribution in [0.2, 0.25) is 5.02 Å². The van der Waals surface area contributed by atoms with Crippen molar-refractivity contribution in [2.45, 2.75) is 40.7 Å². The first-order valence-electron chi connectivity index (χ1n) is 7.59. The summed E-state index contributed by atoms with van der Waals surface area (Å²) in [6.07, 6.45) is -0.257. The van der Waals surface area contributed by atoms with E-state index in [0.29, 0.717) is 22.3 Å². The molecule has 0 radical (unpaired) electrons. The Kier molecular flexibility index (Phi) is 5.19. The van der Waals surface area contributed by atoms with Crippen molar-refractivity contribution in [1.82, 2.24) is 0 Å². The fourth-order valence-corrected chi connectivity index (χ4v) is 3.60. The highest BCUT2D eigenvalue weighted by atomic mass is 35.5. The van der Waals surface area contributed by atoms with Gasteiger partial charge in [-0.15, -0.1) is 0 Å². The Balaban J connectivity index is 2.32. The molecule has 7 heteroatoms. The number of hydrogen-bond donors (Lipinski definition) is 0. The Bertz CT molecular complexity index is 866. The number of fused-ring (bicyclic) bond motifs is 1. The number of halogens is 1. The number of rotatable bonds is 4. The van der Waals surface area contributed by atoms with Crippen molar-refractivity contribution in [1.29, 1.82) is 0 Å². The summed E-state index contributed by atoms with van der Waals surface area (Å²) < 4.78 is 28.9. The van der Waals surface area contributed by atoms with Crippen molar-refractivity contribution in [3.8, 4) is 5.75 Å². The van der Waals surface area contributed by atoms with E-state index >= 15 is 0 Å². The third-order valence-corrected chi connectivity index (χ3v) is 5.59. The standard InChI is InChI=1S/C17H22ClO5P/c1-10-13-8-7-12(9-14(13)21-16(19)15(10)18)23-24(6,20)22-11(2)17(3,4)5/h7-9,11H,1-6H3/t11-,24+/m0/s1. The first-order chi connectivity index (χ1) is 10.9. The van der Waals surface area contributed by atoms with Gasteiger partial charge in [-0.05, 0) is 37.0 Å². The summed E-state index contributed by atoms with van der Waals surface area (Å²) in [4.78, 5) is 11.7.